The van der Waals surface area contributed by atoms with E-state index in [4.69, 9.17) is 0 Å². The Morgan fingerprint density at radius 1 is 1.35 bits per heavy atom. The molecule has 1 atom stereocenters. The summed E-state index contributed by atoms with van der Waals surface area (Å²) in [5, 5.41) is 13.0. The SMILES string of the molecule is Cc1n[nH]nc1C(=O)NC[C@@H](c1ccccc1F)N1CCCC1. The third kappa shape index (κ3) is 3.39. The van der Waals surface area contributed by atoms with Crippen molar-refractivity contribution in [3.63, 3.8) is 0 Å². The van der Waals surface area contributed by atoms with Gasteiger partial charge in [-0.1, -0.05) is 18.2 Å². The van der Waals surface area contributed by atoms with E-state index in [0.29, 0.717) is 17.8 Å². The first-order chi connectivity index (χ1) is 11.2. The normalized spacial score (nSPS) is 16.4. The molecule has 0 spiro atoms. The highest BCUT2D eigenvalue weighted by Gasteiger charge is 2.26. The predicted molar refractivity (Wildman–Crippen MR) is 83.4 cm³/mol. The van der Waals surface area contributed by atoms with Crippen molar-refractivity contribution in [2.75, 3.05) is 19.6 Å². The maximum atomic E-state index is 14.2. The fourth-order valence-electron chi connectivity index (χ4n) is 3.01. The van der Waals surface area contributed by atoms with E-state index in [-0.39, 0.29) is 23.5 Å². The molecule has 0 bridgehead atoms. The molecule has 3 rings (SSSR count). The number of aromatic nitrogens is 3. The second kappa shape index (κ2) is 6.87. The maximum Gasteiger partial charge on any atom is 0.273 e. The monoisotopic (exact) mass is 317 g/mol. The van der Waals surface area contributed by atoms with Crippen LogP contribution in [-0.4, -0.2) is 45.9 Å². The number of nitrogens with one attached hydrogen (secondary N) is 2. The van der Waals surface area contributed by atoms with Crippen molar-refractivity contribution in [1.29, 1.82) is 0 Å². The number of hydrogen-bond acceptors (Lipinski definition) is 4. The Hall–Kier alpha value is -2.28. The van der Waals surface area contributed by atoms with Crippen LogP contribution in [0.15, 0.2) is 24.3 Å². The lowest BCUT2D eigenvalue weighted by atomic mass is 10.0. The number of nitrogens with zero attached hydrogens (tertiary/aromatic N) is 3. The lowest BCUT2D eigenvalue weighted by Crippen LogP contribution is -2.37. The molecule has 2 aromatic rings. The number of H-pyrrole nitrogens is 1. The van der Waals surface area contributed by atoms with E-state index in [1.165, 1.54) is 6.07 Å². The summed E-state index contributed by atoms with van der Waals surface area (Å²) in [6.45, 7) is 3.88. The Morgan fingerprint density at radius 3 is 2.74 bits per heavy atom. The molecule has 23 heavy (non-hydrogen) atoms. The summed E-state index contributed by atoms with van der Waals surface area (Å²) >= 11 is 0. The Kier molecular flexibility index (Phi) is 4.66. The Morgan fingerprint density at radius 2 is 2.09 bits per heavy atom. The van der Waals surface area contributed by atoms with Gasteiger partial charge in [-0.15, -0.1) is 0 Å². The molecule has 1 fully saturated rings. The highest BCUT2D eigenvalue weighted by molar-refractivity contribution is 5.93. The number of halogens is 1. The topological polar surface area (TPSA) is 73.9 Å². The smallest absolute Gasteiger partial charge is 0.273 e. The van der Waals surface area contributed by atoms with E-state index < -0.39 is 0 Å². The first-order valence-corrected chi connectivity index (χ1v) is 7.81. The van der Waals surface area contributed by atoms with Crippen molar-refractivity contribution in [2.24, 2.45) is 0 Å². The van der Waals surface area contributed by atoms with E-state index in [2.05, 4.69) is 25.6 Å². The molecule has 122 valence electrons. The number of benzene rings is 1. The molecular formula is C16H20FN5O. The van der Waals surface area contributed by atoms with Gasteiger partial charge in [0, 0.05) is 12.1 Å². The molecule has 1 amide bonds. The average molecular weight is 317 g/mol. The number of aromatic amines is 1. The molecule has 1 aliphatic heterocycles. The molecule has 1 aliphatic rings. The molecule has 7 heteroatoms. The zero-order valence-corrected chi connectivity index (χ0v) is 13.1. The van der Waals surface area contributed by atoms with E-state index in [1.807, 2.05) is 6.07 Å². The molecule has 2 N–H and O–H groups in total. The van der Waals surface area contributed by atoms with Crippen molar-refractivity contribution < 1.29 is 9.18 Å². The van der Waals surface area contributed by atoms with Crippen LogP contribution in [0.5, 0.6) is 0 Å². The van der Waals surface area contributed by atoms with Crippen LogP contribution in [0.2, 0.25) is 0 Å². The zero-order chi connectivity index (χ0) is 16.2. The number of aryl methyl sites for hydroxylation is 1. The van der Waals surface area contributed by atoms with Crippen molar-refractivity contribution in [3.8, 4) is 0 Å². The van der Waals surface area contributed by atoms with Crippen LogP contribution in [0.1, 0.15) is 40.6 Å². The lowest BCUT2D eigenvalue weighted by molar-refractivity contribution is 0.0931. The predicted octanol–water partition coefficient (Wildman–Crippen LogP) is 1.82. The minimum atomic E-state index is -0.295. The number of carbonyl (C=O) groups excluding carboxylic acids is 1. The summed E-state index contributed by atoms with van der Waals surface area (Å²) in [5.41, 5.74) is 1.44. The first kappa shape index (κ1) is 15.6. The third-order valence-corrected chi connectivity index (χ3v) is 4.24. The average Bonchev–Trinajstić information content (AvgIpc) is 3.20. The van der Waals surface area contributed by atoms with Crippen molar-refractivity contribution >= 4 is 5.91 Å². The molecule has 6 nitrogen and oxygen atoms in total. The Labute approximate surface area is 134 Å². The lowest BCUT2D eigenvalue weighted by Gasteiger charge is -2.28. The van der Waals surface area contributed by atoms with E-state index in [9.17, 15) is 9.18 Å². The van der Waals surface area contributed by atoms with Gasteiger partial charge < -0.3 is 5.32 Å². The largest absolute Gasteiger partial charge is 0.349 e. The molecule has 0 saturated carbocycles. The molecule has 1 aromatic heterocycles. The standard InChI is InChI=1S/C16H20FN5O/c1-11-15(20-21-19-11)16(23)18-10-14(22-8-4-5-9-22)12-6-2-3-7-13(12)17/h2-3,6-7,14H,4-5,8-10H2,1H3,(H,18,23)(H,19,20,21)/t14-/m0/s1. The number of likely N-dealkylation sites (tertiary alicyclic amines) is 1. The van der Waals surface area contributed by atoms with Crippen LogP contribution >= 0.6 is 0 Å². The molecule has 1 aromatic carbocycles. The Balaban J connectivity index is 1.75. The van der Waals surface area contributed by atoms with Crippen LogP contribution in [-0.2, 0) is 0 Å². The first-order valence-electron chi connectivity index (χ1n) is 7.81. The highest BCUT2D eigenvalue weighted by atomic mass is 19.1. The van der Waals surface area contributed by atoms with Crippen molar-refractivity contribution in [1.82, 2.24) is 25.6 Å². The fourth-order valence-corrected chi connectivity index (χ4v) is 3.01. The summed E-state index contributed by atoms with van der Waals surface area (Å²) in [6, 6.07) is 6.57. The maximum absolute atomic E-state index is 14.2. The van der Waals surface area contributed by atoms with Gasteiger partial charge in [0.25, 0.3) is 5.91 Å². The summed E-state index contributed by atoms with van der Waals surface area (Å²) in [6.07, 6.45) is 2.20. The number of rotatable bonds is 5. The number of hydrogen-bond donors (Lipinski definition) is 2. The summed E-state index contributed by atoms with van der Waals surface area (Å²) in [5.74, 6) is -0.534. The van der Waals surface area contributed by atoms with Gasteiger partial charge in [0.05, 0.1) is 11.7 Å². The molecule has 1 saturated heterocycles. The number of amides is 1. The van der Waals surface area contributed by atoms with Crippen LogP contribution in [0, 0.1) is 12.7 Å². The van der Waals surface area contributed by atoms with Crippen LogP contribution in [0.4, 0.5) is 4.39 Å². The minimum Gasteiger partial charge on any atom is -0.349 e. The quantitative estimate of drug-likeness (QED) is 0.882. The highest BCUT2D eigenvalue weighted by Crippen LogP contribution is 2.26. The zero-order valence-electron chi connectivity index (χ0n) is 13.1. The Bertz CT molecular complexity index is 681. The van der Waals surface area contributed by atoms with Gasteiger partial charge in [0.1, 0.15) is 5.82 Å². The second-order valence-electron chi connectivity index (χ2n) is 5.75. The molecule has 0 unspecified atom stereocenters. The van der Waals surface area contributed by atoms with E-state index in [0.717, 1.165) is 25.9 Å². The van der Waals surface area contributed by atoms with Gasteiger partial charge >= 0.3 is 0 Å². The van der Waals surface area contributed by atoms with E-state index >= 15 is 0 Å². The van der Waals surface area contributed by atoms with Crippen LogP contribution < -0.4 is 5.32 Å². The molecular weight excluding hydrogens is 297 g/mol. The summed E-state index contributed by atoms with van der Waals surface area (Å²) < 4.78 is 14.2. The van der Waals surface area contributed by atoms with Gasteiger partial charge in [-0.2, -0.15) is 15.4 Å². The second-order valence-corrected chi connectivity index (χ2v) is 5.75. The summed E-state index contributed by atoms with van der Waals surface area (Å²) in [4.78, 5) is 14.4. The van der Waals surface area contributed by atoms with Gasteiger partial charge in [0.15, 0.2) is 5.69 Å². The van der Waals surface area contributed by atoms with Crippen molar-refractivity contribution in [2.45, 2.75) is 25.8 Å². The minimum absolute atomic E-state index is 0.171. The number of carbonyl (C=O) groups is 1. The van der Waals surface area contributed by atoms with Gasteiger partial charge in [0.2, 0.25) is 0 Å². The summed E-state index contributed by atoms with van der Waals surface area (Å²) in [7, 11) is 0. The molecule has 0 radical (unpaired) electrons. The molecule has 2 heterocycles. The van der Waals surface area contributed by atoms with Crippen LogP contribution in [0.3, 0.4) is 0 Å². The van der Waals surface area contributed by atoms with Crippen LogP contribution in [0.25, 0.3) is 0 Å². The van der Waals surface area contributed by atoms with Gasteiger partial charge in [-0.25, -0.2) is 4.39 Å². The van der Waals surface area contributed by atoms with E-state index in [1.54, 1.807) is 19.1 Å². The fraction of sp³-hybridized carbons (Fsp3) is 0.438. The van der Waals surface area contributed by atoms with Gasteiger partial charge in [-0.3, -0.25) is 9.69 Å². The third-order valence-electron chi connectivity index (χ3n) is 4.24. The molecule has 0 aliphatic carbocycles. The van der Waals surface area contributed by atoms with Gasteiger partial charge in [-0.05, 0) is 38.9 Å². The van der Waals surface area contributed by atoms with Crippen molar-refractivity contribution in [3.05, 3.63) is 47.0 Å².